The molecule has 19 heavy (non-hydrogen) atoms. The Kier molecular flexibility index (Phi) is 3.46. The highest BCUT2D eigenvalue weighted by atomic mass is 16.5. The summed E-state index contributed by atoms with van der Waals surface area (Å²) in [7, 11) is 0. The predicted molar refractivity (Wildman–Crippen MR) is 69.6 cm³/mol. The lowest BCUT2D eigenvalue weighted by Gasteiger charge is -2.07. The Hall–Kier alpha value is -1.88. The van der Waals surface area contributed by atoms with E-state index >= 15 is 0 Å². The lowest BCUT2D eigenvalue weighted by Crippen LogP contribution is -2.32. The number of nitrogens with zero attached hydrogens (tertiary/aromatic N) is 1. The van der Waals surface area contributed by atoms with E-state index in [9.17, 15) is 4.79 Å². The fourth-order valence-electron chi connectivity index (χ4n) is 2.21. The maximum Gasteiger partial charge on any atom is 0.225 e. The van der Waals surface area contributed by atoms with Crippen LogP contribution < -0.4 is 5.32 Å². The summed E-state index contributed by atoms with van der Waals surface area (Å²) in [6.07, 6.45) is 1.42. The molecule has 5 heteroatoms. The molecule has 1 N–H and O–H groups in total. The first-order valence-corrected chi connectivity index (χ1v) is 6.53. The van der Waals surface area contributed by atoms with E-state index in [1.807, 2.05) is 24.3 Å². The molecule has 3 rings (SSSR count). The van der Waals surface area contributed by atoms with Gasteiger partial charge >= 0.3 is 0 Å². The second-order valence-electron chi connectivity index (χ2n) is 4.68. The van der Waals surface area contributed by atoms with Crippen molar-refractivity contribution in [2.24, 2.45) is 5.92 Å². The standard InChI is InChI=1S/C14H16N2O3/c17-14(10-6-8-18-9-10)15-7-5-13-16-11-3-1-2-4-12(11)19-13/h1-4,10H,5-9H2,(H,15,17). The Balaban J connectivity index is 1.53. The highest BCUT2D eigenvalue weighted by molar-refractivity contribution is 5.79. The number of ether oxygens (including phenoxy) is 1. The number of aromatic nitrogens is 1. The molecule has 100 valence electrons. The zero-order valence-electron chi connectivity index (χ0n) is 10.6. The Morgan fingerprint density at radius 1 is 1.42 bits per heavy atom. The zero-order valence-corrected chi connectivity index (χ0v) is 10.6. The number of carbonyl (C=O) groups excluding carboxylic acids is 1. The van der Waals surface area contributed by atoms with Crippen LogP contribution in [0.3, 0.4) is 0 Å². The lowest BCUT2D eigenvalue weighted by molar-refractivity contribution is -0.124. The Bertz CT molecular complexity index is 540. The predicted octanol–water partition coefficient (Wildman–Crippen LogP) is 1.52. The van der Waals surface area contributed by atoms with E-state index in [1.165, 1.54) is 0 Å². The van der Waals surface area contributed by atoms with Gasteiger partial charge in [0.2, 0.25) is 5.91 Å². The molecule has 0 aliphatic carbocycles. The van der Waals surface area contributed by atoms with Gasteiger partial charge in [0, 0.05) is 19.6 Å². The summed E-state index contributed by atoms with van der Waals surface area (Å²) >= 11 is 0. The molecule has 0 radical (unpaired) electrons. The first kappa shape index (κ1) is 12.2. The third-order valence-electron chi connectivity index (χ3n) is 3.28. The van der Waals surface area contributed by atoms with Gasteiger partial charge in [0.15, 0.2) is 11.5 Å². The van der Waals surface area contributed by atoms with Crippen LogP contribution in [0.1, 0.15) is 12.3 Å². The van der Waals surface area contributed by atoms with Crippen molar-refractivity contribution < 1.29 is 13.9 Å². The topological polar surface area (TPSA) is 64.4 Å². The summed E-state index contributed by atoms with van der Waals surface area (Å²) < 4.78 is 10.8. The normalized spacial score (nSPS) is 18.8. The van der Waals surface area contributed by atoms with Crippen molar-refractivity contribution in [3.63, 3.8) is 0 Å². The Labute approximate surface area is 111 Å². The SMILES string of the molecule is O=C(NCCc1nc2ccccc2o1)C1CCOC1. The summed E-state index contributed by atoms with van der Waals surface area (Å²) in [5.41, 5.74) is 1.64. The first-order valence-electron chi connectivity index (χ1n) is 6.53. The maximum atomic E-state index is 11.8. The number of carbonyl (C=O) groups is 1. The molecule has 5 nitrogen and oxygen atoms in total. The molecule has 1 aliphatic rings. The van der Waals surface area contributed by atoms with Gasteiger partial charge in [-0.05, 0) is 18.6 Å². The van der Waals surface area contributed by atoms with Gasteiger partial charge in [0.1, 0.15) is 5.52 Å². The fraction of sp³-hybridized carbons (Fsp3) is 0.429. The van der Waals surface area contributed by atoms with Crippen molar-refractivity contribution in [2.75, 3.05) is 19.8 Å². The lowest BCUT2D eigenvalue weighted by atomic mass is 10.1. The van der Waals surface area contributed by atoms with Crippen LogP contribution in [0, 0.1) is 5.92 Å². The number of fused-ring (bicyclic) bond motifs is 1. The molecule has 0 bridgehead atoms. The summed E-state index contributed by atoms with van der Waals surface area (Å²) in [6.45, 7) is 1.76. The minimum absolute atomic E-state index is 0.00336. The monoisotopic (exact) mass is 260 g/mol. The average Bonchev–Trinajstić information content (AvgIpc) is 3.07. The van der Waals surface area contributed by atoms with E-state index in [0.29, 0.717) is 32.1 Å². The summed E-state index contributed by atoms with van der Waals surface area (Å²) in [4.78, 5) is 16.1. The zero-order chi connectivity index (χ0) is 13.1. The number of oxazole rings is 1. The molecule has 1 fully saturated rings. The van der Waals surface area contributed by atoms with E-state index < -0.39 is 0 Å². The number of hydrogen-bond donors (Lipinski definition) is 1. The van der Waals surface area contributed by atoms with Crippen LogP contribution >= 0.6 is 0 Å². The quantitative estimate of drug-likeness (QED) is 0.905. The van der Waals surface area contributed by atoms with Crippen LogP contribution in [0.4, 0.5) is 0 Å². The average molecular weight is 260 g/mol. The number of benzene rings is 1. The molecule has 1 unspecified atom stereocenters. The Morgan fingerprint density at radius 2 is 2.32 bits per heavy atom. The molecule has 2 aromatic rings. The van der Waals surface area contributed by atoms with Gasteiger partial charge in [0.25, 0.3) is 0 Å². The van der Waals surface area contributed by atoms with Gasteiger partial charge in [0.05, 0.1) is 12.5 Å². The van der Waals surface area contributed by atoms with Crippen molar-refractivity contribution in [1.29, 1.82) is 0 Å². The van der Waals surface area contributed by atoms with Crippen molar-refractivity contribution in [2.45, 2.75) is 12.8 Å². The Morgan fingerprint density at radius 3 is 3.11 bits per heavy atom. The van der Waals surface area contributed by atoms with Crippen molar-refractivity contribution in [3.8, 4) is 0 Å². The van der Waals surface area contributed by atoms with Crippen LogP contribution in [-0.2, 0) is 16.0 Å². The molecule has 0 saturated carbocycles. The molecule has 1 aromatic carbocycles. The molecular formula is C14H16N2O3. The number of rotatable bonds is 4. The number of nitrogens with one attached hydrogen (secondary N) is 1. The van der Waals surface area contributed by atoms with Crippen molar-refractivity contribution >= 4 is 17.0 Å². The summed E-state index contributed by atoms with van der Waals surface area (Å²) in [6, 6.07) is 7.65. The highest BCUT2D eigenvalue weighted by Gasteiger charge is 2.22. The molecule has 1 atom stereocenters. The van der Waals surface area contributed by atoms with Crippen molar-refractivity contribution in [3.05, 3.63) is 30.2 Å². The van der Waals surface area contributed by atoms with Crippen LogP contribution in [-0.4, -0.2) is 30.6 Å². The van der Waals surface area contributed by atoms with E-state index in [2.05, 4.69) is 10.3 Å². The molecule has 1 saturated heterocycles. The van der Waals surface area contributed by atoms with Gasteiger partial charge < -0.3 is 14.5 Å². The largest absolute Gasteiger partial charge is 0.441 e. The van der Waals surface area contributed by atoms with Gasteiger partial charge in [-0.3, -0.25) is 4.79 Å². The first-order chi connectivity index (χ1) is 9.33. The second-order valence-corrected chi connectivity index (χ2v) is 4.68. The molecule has 1 aliphatic heterocycles. The van der Waals surface area contributed by atoms with E-state index in [4.69, 9.17) is 9.15 Å². The molecule has 1 amide bonds. The minimum Gasteiger partial charge on any atom is -0.441 e. The summed E-state index contributed by atoms with van der Waals surface area (Å²) in [5.74, 6) is 0.724. The summed E-state index contributed by atoms with van der Waals surface area (Å²) in [5, 5.41) is 2.90. The van der Waals surface area contributed by atoms with Crippen LogP contribution in [0.15, 0.2) is 28.7 Å². The van der Waals surface area contributed by atoms with Crippen LogP contribution in [0.5, 0.6) is 0 Å². The van der Waals surface area contributed by atoms with E-state index in [-0.39, 0.29) is 11.8 Å². The van der Waals surface area contributed by atoms with Gasteiger partial charge in [-0.2, -0.15) is 0 Å². The fourth-order valence-corrected chi connectivity index (χ4v) is 2.21. The number of para-hydroxylation sites is 2. The molecule has 1 aromatic heterocycles. The maximum absolute atomic E-state index is 11.8. The smallest absolute Gasteiger partial charge is 0.225 e. The number of amides is 1. The third-order valence-corrected chi connectivity index (χ3v) is 3.28. The van der Waals surface area contributed by atoms with Crippen LogP contribution in [0.2, 0.25) is 0 Å². The van der Waals surface area contributed by atoms with Crippen molar-refractivity contribution in [1.82, 2.24) is 10.3 Å². The second kappa shape index (κ2) is 5.40. The minimum atomic E-state index is 0.00336. The number of hydrogen-bond acceptors (Lipinski definition) is 4. The van der Waals surface area contributed by atoms with E-state index in [1.54, 1.807) is 0 Å². The highest BCUT2D eigenvalue weighted by Crippen LogP contribution is 2.15. The van der Waals surface area contributed by atoms with Crippen LogP contribution in [0.25, 0.3) is 11.1 Å². The van der Waals surface area contributed by atoms with Gasteiger partial charge in [-0.1, -0.05) is 12.1 Å². The third kappa shape index (κ3) is 2.76. The molecule has 2 heterocycles. The van der Waals surface area contributed by atoms with Gasteiger partial charge in [-0.15, -0.1) is 0 Å². The van der Waals surface area contributed by atoms with E-state index in [0.717, 1.165) is 17.5 Å². The van der Waals surface area contributed by atoms with Gasteiger partial charge in [-0.25, -0.2) is 4.98 Å². The molecular weight excluding hydrogens is 244 g/mol. The molecule has 0 spiro atoms.